The zero-order chi connectivity index (χ0) is 45.1. The topological polar surface area (TPSA) is 78.9 Å². The molecule has 0 bridgehead atoms. The molecule has 0 saturated carbocycles. The van der Waals surface area contributed by atoms with Gasteiger partial charge in [0.15, 0.2) is 6.10 Å². The fourth-order valence-corrected chi connectivity index (χ4v) is 6.44. The second-order valence-corrected chi connectivity index (χ2v) is 16.1. The summed E-state index contributed by atoms with van der Waals surface area (Å²) in [6.45, 7) is 6.26. The third-order valence-electron chi connectivity index (χ3n) is 10.1. The van der Waals surface area contributed by atoms with E-state index in [1.807, 2.05) is 54.7 Å². The van der Waals surface area contributed by atoms with E-state index in [-0.39, 0.29) is 31.6 Å². The Labute approximate surface area is 380 Å². The molecule has 6 heteroatoms. The van der Waals surface area contributed by atoms with Gasteiger partial charge < -0.3 is 14.2 Å². The van der Waals surface area contributed by atoms with Crippen molar-refractivity contribution in [2.75, 3.05) is 13.2 Å². The fraction of sp³-hybridized carbons (Fsp3) is 0.625. The van der Waals surface area contributed by atoms with Crippen molar-refractivity contribution in [1.82, 2.24) is 0 Å². The quantitative estimate of drug-likeness (QED) is 0.0200. The highest BCUT2D eigenvalue weighted by atomic mass is 16.6. The maximum absolute atomic E-state index is 12.7. The summed E-state index contributed by atoms with van der Waals surface area (Å²) in [6, 6.07) is 0. The van der Waals surface area contributed by atoms with E-state index in [0.29, 0.717) is 19.3 Å². The number of rotatable bonds is 43. The number of carbonyl (C=O) groups excluding carboxylic acids is 3. The summed E-state index contributed by atoms with van der Waals surface area (Å²) in [4.78, 5) is 37.9. The first-order chi connectivity index (χ1) is 30.5. The SMILES string of the molecule is CC\C=C/C=C\C=C/C=C\C=C/CCCC(=O)OC(COC(=O)CCCCCCC/C=C\C/C=C\CC)COC(=O)CCCCCCCCCCCC/C=C\C=C/CCCCC. The molecule has 0 amide bonds. The van der Waals surface area contributed by atoms with E-state index < -0.39 is 12.1 Å². The molecule has 0 N–H and O–H groups in total. The Morgan fingerprint density at radius 1 is 0.355 bits per heavy atom. The van der Waals surface area contributed by atoms with Gasteiger partial charge in [0.1, 0.15) is 13.2 Å². The summed E-state index contributed by atoms with van der Waals surface area (Å²) < 4.78 is 16.7. The first-order valence-corrected chi connectivity index (χ1v) is 25.0. The van der Waals surface area contributed by atoms with Gasteiger partial charge in [0.2, 0.25) is 0 Å². The van der Waals surface area contributed by atoms with Gasteiger partial charge in [-0.3, -0.25) is 14.4 Å². The van der Waals surface area contributed by atoms with Crippen LogP contribution in [0.1, 0.15) is 207 Å². The fourth-order valence-electron chi connectivity index (χ4n) is 6.44. The van der Waals surface area contributed by atoms with Gasteiger partial charge in [-0.2, -0.15) is 0 Å². The van der Waals surface area contributed by atoms with Gasteiger partial charge in [-0.1, -0.05) is 214 Å². The van der Waals surface area contributed by atoms with Gasteiger partial charge in [-0.05, 0) is 83.5 Å². The van der Waals surface area contributed by atoms with Crippen molar-refractivity contribution in [3.63, 3.8) is 0 Å². The van der Waals surface area contributed by atoms with E-state index in [2.05, 4.69) is 75.5 Å². The molecule has 1 unspecified atom stereocenters. The largest absolute Gasteiger partial charge is 0.462 e. The van der Waals surface area contributed by atoms with Crippen molar-refractivity contribution < 1.29 is 28.6 Å². The van der Waals surface area contributed by atoms with Crippen LogP contribution in [0.3, 0.4) is 0 Å². The number of hydrogen-bond donors (Lipinski definition) is 0. The minimum atomic E-state index is -0.823. The van der Waals surface area contributed by atoms with E-state index in [4.69, 9.17) is 14.2 Å². The van der Waals surface area contributed by atoms with Crippen LogP contribution in [0.4, 0.5) is 0 Å². The average Bonchev–Trinajstić information content (AvgIpc) is 3.27. The van der Waals surface area contributed by atoms with E-state index in [0.717, 1.165) is 83.5 Å². The highest BCUT2D eigenvalue weighted by Gasteiger charge is 2.19. The molecule has 0 saturated heterocycles. The molecule has 0 radical (unpaired) electrons. The summed E-state index contributed by atoms with van der Waals surface area (Å²) in [7, 11) is 0. The minimum Gasteiger partial charge on any atom is -0.462 e. The van der Waals surface area contributed by atoms with Crippen LogP contribution in [0.5, 0.6) is 0 Å². The second-order valence-electron chi connectivity index (χ2n) is 16.1. The Hall–Kier alpha value is -3.93. The molecule has 0 fully saturated rings. The molecule has 1 atom stereocenters. The van der Waals surface area contributed by atoms with Crippen molar-refractivity contribution in [1.29, 1.82) is 0 Å². The van der Waals surface area contributed by atoms with E-state index in [1.165, 1.54) is 77.0 Å². The smallest absolute Gasteiger partial charge is 0.306 e. The van der Waals surface area contributed by atoms with Gasteiger partial charge in [0.25, 0.3) is 0 Å². The maximum atomic E-state index is 12.7. The van der Waals surface area contributed by atoms with Crippen LogP contribution in [0, 0.1) is 0 Å². The number of esters is 3. The zero-order valence-corrected chi connectivity index (χ0v) is 39.8. The Morgan fingerprint density at radius 3 is 1.23 bits per heavy atom. The summed E-state index contributed by atoms with van der Waals surface area (Å²) in [6.07, 6.45) is 66.5. The Bertz CT molecular complexity index is 1310. The molecule has 0 heterocycles. The molecular weight excluding hydrogens is 769 g/mol. The number of allylic oxidation sites excluding steroid dienone is 18. The van der Waals surface area contributed by atoms with Crippen LogP contribution in [0.2, 0.25) is 0 Å². The predicted molar refractivity (Wildman–Crippen MR) is 265 cm³/mol. The van der Waals surface area contributed by atoms with Crippen LogP contribution >= 0.6 is 0 Å². The Morgan fingerprint density at radius 2 is 0.726 bits per heavy atom. The number of ether oxygens (including phenoxy) is 3. The van der Waals surface area contributed by atoms with E-state index >= 15 is 0 Å². The van der Waals surface area contributed by atoms with Gasteiger partial charge in [-0.15, -0.1) is 0 Å². The van der Waals surface area contributed by atoms with Gasteiger partial charge in [0, 0.05) is 19.3 Å². The summed E-state index contributed by atoms with van der Waals surface area (Å²) in [5.74, 6) is -1.02. The first-order valence-electron chi connectivity index (χ1n) is 25.0. The summed E-state index contributed by atoms with van der Waals surface area (Å²) in [5, 5.41) is 0. The van der Waals surface area contributed by atoms with Gasteiger partial charge in [-0.25, -0.2) is 0 Å². The maximum Gasteiger partial charge on any atom is 0.306 e. The van der Waals surface area contributed by atoms with Crippen LogP contribution in [0.15, 0.2) is 109 Å². The minimum absolute atomic E-state index is 0.115. The second kappa shape index (κ2) is 49.7. The van der Waals surface area contributed by atoms with E-state index in [9.17, 15) is 14.4 Å². The van der Waals surface area contributed by atoms with Gasteiger partial charge in [0.05, 0.1) is 0 Å². The van der Waals surface area contributed by atoms with Crippen LogP contribution in [0.25, 0.3) is 0 Å². The molecular formula is C56H90O6. The lowest BCUT2D eigenvalue weighted by Gasteiger charge is -2.18. The zero-order valence-electron chi connectivity index (χ0n) is 39.8. The van der Waals surface area contributed by atoms with Crippen molar-refractivity contribution >= 4 is 17.9 Å². The number of unbranched alkanes of at least 4 members (excludes halogenated alkanes) is 19. The van der Waals surface area contributed by atoms with Crippen LogP contribution in [-0.2, 0) is 28.6 Å². The molecule has 0 spiro atoms. The highest BCUT2D eigenvalue weighted by Crippen LogP contribution is 2.14. The number of hydrogen-bond acceptors (Lipinski definition) is 6. The lowest BCUT2D eigenvalue weighted by molar-refractivity contribution is -0.167. The molecule has 0 aliphatic heterocycles. The number of carbonyl (C=O) groups is 3. The van der Waals surface area contributed by atoms with E-state index in [1.54, 1.807) is 0 Å². The monoisotopic (exact) mass is 859 g/mol. The van der Waals surface area contributed by atoms with Crippen molar-refractivity contribution in [3.8, 4) is 0 Å². The third-order valence-corrected chi connectivity index (χ3v) is 10.1. The third kappa shape index (κ3) is 47.1. The molecule has 0 rings (SSSR count). The van der Waals surface area contributed by atoms with Crippen molar-refractivity contribution in [3.05, 3.63) is 109 Å². The molecule has 0 aromatic carbocycles. The van der Waals surface area contributed by atoms with Crippen molar-refractivity contribution in [2.24, 2.45) is 0 Å². The normalized spacial score (nSPS) is 13.0. The Kier molecular flexibility index (Phi) is 46.6. The molecule has 0 aliphatic carbocycles. The van der Waals surface area contributed by atoms with Gasteiger partial charge >= 0.3 is 17.9 Å². The first kappa shape index (κ1) is 58.1. The molecule has 62 heavy (non-hydrogen) atoms. The molecule has 0 aromatic rings. The summed E-state index contributed by atoms with van der Waals surface area (Å²) in [5.41, 5.74) is 0. The van der Waals surface area contributed by atoms with Crippen LogP contribution < -0.4 is 0 Å². The Balaban J connectivity index is 4.46. The van der Waals surface area contributed by atoms with Crippen LogP contribution in [-0.4, -0.2) is 37.2 Å². The average molecular weight is 859 g/mol. The molecule has 0 aliphatic rings. The van der Waals surface area contributed by atoms with Crippen molar-refractivity contribution in [2.45, 2.75) is 213 Å². The standard InChI is InChI=1S/C56H90O6/c1-4-7-10-13-16-19-22-25-26-27-28-29-30-32-34-37-40-43-46-49-55(58)61-52-53(51-60-54(57)48-45-42-39-36-33-24-21-18-15-12-9-6-3)62-56(59)50-47-44-41-38-35-31-23-20-17-14-11-8-5-2/h8-9,11-12,14,16-23,25,31,35,38,41,53H,4-7,10,13,15,24,26-30,32-34,36-37,39-40,42-52H2,1-3H3/b11-8-,12-9-,17-14-,19-16-,21-18-,23-20-,25-22-,35-31-,41-38-. The summed E-state index contributed by atoms with van der Waals surface area (Å²) >= 11 is 0. The molecule has 0 aromatic heterocycles. The highest BCUT2D eigenvalue weighted by molar-refractivity contribution is 5.71. The molecule has 350 valence electrons. The lowest BCUT2D eigenvalue weighted by atomic mass is 10.1. The predicted octanol–water partition coefficient (Wildman–Crippen LogP) is 16.4. The lowest BCUT2D eigenvalue weighted by Crippen LogP contribution is -2.30. The molecule has 6 nitrogen and oxygen atoms in total.